The second kappa shape index (κ2) is 12.9. The first-order valence-corrected chi connectivity index (χ1v) is 13.1. The molecule has 0 spiro atoms. The number of hydrogen-bond acceptors (Lipinski definition) is 13. The van der Waals surface area contributed by atoms with E-state index in [-0.39, 0.29) is 54.1 Å². The largest absolute Gasteiger partial charge is 0.502 e. The van der Waals surface area contributed by atoms with Gasteiger partial charge in [0.05, 0.1) is 41.7 Å². The molecule has 0 bridgehead atoms. The summed E-state index contributed by atoms with van der Waals surface area (Å²) in [6.45, 7) is -1.02. The quantitative estimate of drug-likeness (QED) is 0.196. The van der Waals surface area contributed by atoms with Crippen molar-refractivity contribution in [3.05, 3.63) is 34.9 Å². The Morgan fingerprint density at radius 1 is 0.780 bits per heavy atom. The molecule has 1 saturated heterocycles. The lowest BCUT2D eigenvalue weighted by atomic mass is 9.66. The van der Waals surface area contributed by atoms with Crippen LogP contribution in [0.3, 0.4) is 0 Å². The van der Waals surface area contributed by atoms with Crippen LogP contribution in [-0.2, 0) is 15.9 Å². The summed E-state index contributed by atoms with van der Waals surface area (Å²) in [7, 11) is 5.61. The van der Waals surface area contributed by atoms with Crippen molar-refractivity contribution in [3.63, 3.8) is 0 Å². The van der Waals surface area contributed by atoms with E-state index in [1.54, 1.807) is 18.2 Å². The third-order valence-electron chi connectivity index (χ3n) is 8.01. The van der Waals surface area contributed by atoms with Crippen LogP contribution in [0.2, 0.25) is 0 Å². The van der Waals surface area contributed by atoms with Crippen molar-refractivity contribution < 1.29 is 64.2 Å². The van der Waals surface area contributed by atoms with Gasteiger partial charge in [-0.15, -0.1) is 0 Å². The maximum Gasteiger partial charge on any atom is 0.201 e. The number of hydrogen-bond donors (Lipinski definition) is 7. The molecule has 0 aromatic heterocycles. The van der Waals surface area contributed by atoms with Crippen LogP contribution in [0.4, 0.5) is 0 Å². The Bertz CT molecular complexity index is 1180. The Kier molecular flexibility index (Phi) is 9.70. The number of benzene rings is 2. The monoisotopic (exact) mass is 582 g/mol. The maximum atomic E-state index is 10.8. The summed E-state index contributed by atoms with van der Waals surface area (Å²) in [5.41, 5.74) is 1.91. The summed E-state index contributed by atoms with van der Waals surface area (Å²) in [5.74, 6) is -1.36. The van der Waals surface area contributed by atoms with Crippen molar-refractivity contribution in [1.29, 1.82) is 0 Å². The van der Waals surface area contributed by atoms with Gasteiger partial charge in [0.25, 0.3) is 0 Å². The molecule has 2 aliphatic rings. The number of fused-ring (bicyclic) bond motifs is 1. The first-order valence-electron chi connectivity index (χ1n) is 13.1. The lowest BCUT2D eigenvalue weighted by molar-refractivity contribution is -0.304. The molecule has 1 aliphatic heterocycles. The second-order valence-electron chi connectivity index (χ2n) is 10.1. The minimum Gasteiger partial charge on any atom is -0.502 e. The molecule has 0 radical (unpaired) electrons. The molecule has 2 aromatic rings. The number of phenolic OH excluding ortho intramolecular Hbond substituents is 2. The molecule has 4 rings (SSSR count). The van der Waals surface area contributed by atoms with Crippen LogP contribution >= 0.6 is 0 Å². The number of rotatable bonds is 10. The molecule has 1 heterocycles. The number of aliphatic hydroxyl groups excluding tert-OH is 5. The van der Waals surface area contributed by atoms with Gasteiger partial charge in [0.15, 0.2) is 29.3 Å². The van der Waals surface area contributed by atoms with Crippen molar-refractivity contribution in [2.45, 2.75) is 43.0 Å². The molecule has 0 unspecified atom stereocenters. The molecule has 228 valence electrons. The summed E-state index contributed by atoms with van der Waals surface area (Å²) in [6.07, 6.45) is -7.04. The van der Waals surface area contributed by atoms with E-state index in [0.717, 1.165) is 0 Å². The Labute approximate surface area is 237 Å². The molecule has 7 N–H and O–H groups in total. The van der Waals surface area contributed by atoms with E-state index >= 15 is 0 Å². The Balaban J connectivity index is 1.84. The lowest BCUT2D eigenvalue weighted by Crippen LogP contribution is -2.59. The number of ether oxygens (including phenoxy) is 6. The van der Waals surface area contributed by atoms with E-state index in [0.29, 0.717) is 16.7 Å². The highest BCUT2D eigenvalue weighted by Gasteiger charge is 2.46. The summed E-state index contributed by atoms with van der Waals surface area (Å²) < 4.78 is 33.3. The highest BCUT2D eigenvalue weighted by Crippen LogP contribution is 2.53. The van der Waals surface area contributed by atoms with Crippen molar-refractivity contribution in [2.24, 2.45) is 11.8 Å². The fourth-order valence-electron chi connectivity index (χ4n) is 5.83. The van der Waals surface area contributed by atoms with E-state index in [4.69, 9.17) is 28.4 Å². The van der Waals surface area contributed by atoms with Crippen LogP contribution < -0.4 is 18.9 Å². The predicted molar refractivity (Wildman–Crippen MR) is 142 cm³/mol. The summed E-state index contributed by atoms with van der Waals surface area (Å²) >= 11 is 0. The molecule has 8 atom stereocenters. The van der Waals surface area contributed by atoms with Crippen molar-refractivity contribution >= 4 is 0 Å². The molecule has 1 aliphatic carbocycles. The molecule has 13 heteroatoms. The zero-order chi connectivity index (χ0) is 30.0. The van der Waals surface area contributed by atoms with Crippen molar-refractivity contribution in [2.75, 3.05) is 48.3 Å². The first-order chi connectivity index (χ1) is 19.6. The molecule has 2 aromatic carbocycles. The van der Waals surface area contributed by atoms with Crippen LogP contribution in [0.15, 0.2) is 18.2 Å². The van der Waals surface area contributed by atoms with Crippen LogP contribution in [0.1, 0.15) is 22.6 Å². The highest BCUT2D eigenvalue weighted by atomic mass is 16.7. The van der Waals surface area contributed by atoms with E-state index in [2.05, 4.69) is 0 Å². The van der Waals surface area contributed by atoms with Gasteiger partial charge in [0.1, 0.15) is 24.4 Å². The fourth-order valence-corrected chi connectivity index (χ4v) is 5.83. The molecule has 41 heavy (non-hydrogen) atoms. The average molecular weight is 583 g/mol. The van der Waals surface area contributed by atoms with E-state index in [1.807, 2.05) is 0 Å². The fraction of sp³-hybridized carbons (Fsp3) is 0.571. The predicted octanol–water partition coefficient (Wildman–Crippen LogP) is -0.139. The zero-order valence-corrected chi connectivity index (χ0v) is 23.3. The molecule has 1 fully saturated rings. The van der Waals surface area contributed by atoms with Crippen LogP contribution in [0.5, 0.6) is 34.5 Å². The first kappa shape index (κ1) is 30.9. The molecular formula is C28H38O13. The molecule has 0 saturated carbocycles. The van der Waals surface area contributed by atoms with E-state index < -0.39 is 55.1 Å². The van der Waals surface area contributed by atoms with E-state index in [1.165, 1.54) is 28.4 Å². The smallest absolute Gasteiger partial charge is 0.201 e. The number of aliphatic hydroxyl groups is 5. The third-order valence-corrected chi connectivity index (χ3v) is 8.01. The molecular weight excluding hydrogens is 544 g/mol. The van der Waals surface area contributed by atoms with Gasteiger partial charge in [-0.05, 0) is 47.6 Å². The summed E-state index contributed by atoms with van der Waals surface area (Å²) in [5, 5.41) is 72.4. The Hall–Kier alpha value is -3.04. The van der Waals surface area contributed by atoms with Gasteiger partial charge in [0, 0.05) is 18.1 Å². The van der Waals surface area contributed by atoms with Crippen molar-refractivity contribution in [3.8, 4) is 34.5 Å². The zero-order valence-electron chi connectivity index (χ0n) is 23.3. The number of methoxy groups -OCH3 is 4. The highest BCUT2D eigenvalue weighted by molar-refractivity contribution is 5.63. The van der Waals surface area contributed by atoms with Crippen molar-refractivity contribution in [1.82, 2.24) is 0 Å². The average Bonchev–Trinajstić information content (AvgIpc) is 2.98. The number of aromatic hydroxyl groups is 2. The second-order valence-corrected chi connectivity index (χ2v) is 10.1. The van der Waals surface area contributed by atoms with Gasteiger partial charge < -0.3 is 64.2 Å². The topological polar surface area (TPSA) is 197 Å². The normalized spacial score (nSPS) is 29.5. The van der Waals surface area contributed by atoms with Crippen LogP contribution in [0, 0.1) is 11.8 Å². The van der Waals surface area contributed by atoms with Gasteiger partial charge in [-0.1, -0.05) is 0 Å². The number of phenols is 2. The Morgan fingerprint density at radius 2 is 1.39 bits per heavy atom. The molecule has 13 nitrogen and oxygen atoms in total. The van der Waals surface area contributed by atoms with Gasteiger partial charge in [0.2, 0.25) is 11.5 Å². The standard InChI is InChI=1S/C28H38O13/c1-36-17-6-12(7-18(37-2)22(17)31)21-14-8-19(38-3)24(33)27(39-4)15(14)5-13(9-29)16(21)11-40-28-26(35)25(34)23(32)20(10-30)41-28/h6-8,13,16,20-21,23,25-26,28-35H,5,9-11H2,1-4H3/t13-,16-,20+,21-,23+,25-,26+,28+/m0/s1. The van der Waals surface area contributed by atoms with Crippen LogP contribution in [-0.4, -0.2) is 115 Å². The SMILES string of the molecule is COc1cc([C@H]2c3cc(OC)c(O)c(OC)c3C[C@@H](CO)[C@@H]2CO[C@@H]2O[C@H](CO)[C@@H](O)[C@H](O)[C@H]2O)cc(OC)c1O. The lowest BCUT2D eigenvalue weighted by Gasteiger charge is -2.43. The van der Waals surface area contributed by atoms with Gasteiger partial charge in [-0.25, -0.2) is 0 Å². The summed E-state index contributed by atoms with van der Waals surface area (Å²) in [6, 6.07) is 4.91. The summed E-state index contributed by atoms with van der Waals surface area (Å²) in [4.78, 5) is 0. The van der Waals surface area contributed by atoms with Gasteiger partial charge in [-0.2, -0.15) is 0 Å². The van der Waals surface area contributed by atoms with Gasteiger partial charge in [-0.3, -0.25) is 0 Å². The minimum atomic E-state index is -1.62. The van der Waals surface area contributed by atoms with Crippen LogP contribution in [0.25, 0.3) is 0 Å². The third kappa shape index (κ3) is 5.58. The minimum absolute atomic E-state index is 0.116. The maximum absolute atomic E-state index is 10.8. The van der Waals surface area contributed by atoms with E-state index in [9.17, 15) is 35.7 Å². The Morgan fingerprint density at radius 3 is 1.93 bits per heavy atom. The molecule has 0 amide bonds. The van der Waals surface area contributed by atoms with Gasteiger partial charge >= 0.3 is 0 Å².